The number of carbonyl (C=O) groups is 1. The van der Waals surface area contributed by atoms with Crippen LogP contribution in [0.5, 0.6) is 0 Å². The topological polar surface area (TPSA) is 49.7 Å². The molecule has 1 fully saturated rings. The predicted octanol–water partition coefficient (Wildman–Crippen LogP) is 0.331. The summed E-state index contributed by atoms with van der Waals surface area (Å²) in [6, 6.07) is -0.248. The summed E-state index contributed by atoms with van der Waals surface area (Å²) >= 11 is 0. The maximum absolute atomic E-state index is 10.1. The van der Waals surface area contributed by atoms with Gasteiger partial charge in [-0.3, -0.25) is 5.01 Å². The van der Waals surface area contributed by atoms with E-state index in [0.717, 1.165) is 19.1 Å². The highest BCUT2D eigenvalue weighted by Crippen LogP contribution is 2.14. The number of hydrogen-bond donors (Lipinski definition) is 0. The molecule has 0 N–H and O–H groups in total. The minimum atomic E-state index is -0.248. The van der Waals surface area contributed by atoms with Gasteiger partial charge in [0.1, 0.15) is 12.3 Å². The second-order valence-corrected chi connectivity index (χ2v) is 2.09. The number of aldehydes is 1. The lowest BCUT2D eigenvalue weighted by Gasteiger charge is -2.09. The van der Waals surface area contributed by atoms with Crippen LogP contribution in [0.3, 0.4) is 0 Å². The van der Waals surface area contributed by atoms with Crippen molar-refractivity contribution in [3.8, 4) is 0 Å². The van der Waals surface area contributed by atoms with Gasteiger partial charge in [0.25, 0.3) is 0 Å². The lowest BCUT2D eigenvalue weighted by atomic mass is 10.2. The molecule has 4 nitrogen and oxygen atoms in total. The van der Waals surface area contributed by atoms with Gasteiger partial charge in [-0.15, -0.1) is 4.91 Å². The van der Waals surface area contributed by atoms with Crippen LogP contribution in [0.15, 0.2) is 5.29 Å². The molecule has 0 amide bonds. The van der Waals surface area contributed by atoms with Crippen molar-refractivity contribution in [2.45, 2.75) is 18.9 Å². The highest BCUT2D eigenvalue weighted by atomic mass is 16.3. The molecule has 1 aliphatic heterocycles. The normalized spacial score (nSPS) is 26.2. The molecule has 0 unspecified atom stereocenters. The molecule has 1 saturated heterocycles. The minimum Gasteiger partial charge on any atom is -0.301 e. The average Bonchev–Trinajstić information content (AvgIpc) is 2.33. The van der Waals surface area contributed by atoms with E-state index in [1.807, 2.05) is 0 Å². The van der Waals surface area contributed by atoms with Gasteiger partial charge >= 0.3 is 0 Å². The molecule has 1 heterocycles. The monoisotopic (exact) mass is 128 g/mol. The van der Waals surface area contributed by atoms with E-state index in [4.69, 9.17) is 0 Å². The summed E-state index contributed by atoms with van der Waals surface area (Å²) in [6.07, 6.45) is 2.44. The Morgan fingerprint density at radius 2 is 2.44 bits per heavy atom. The second kappa shape index (κ2) is 2.57. The smallest absolute Gasteiger partial charge is 0.144 e. The highest BCUT2D eigenvalue weighted by Gasteiger charge is 2.22. The van der Waals surface area contributed by atoms with E-state index in [1.165, 1.54) is 5.01 Å². The van der Waals surface area contributed by atoms with E-state index >= 15 is 0 Å². The Bertz CT molecular complexity index is 112. The fraction of sp³-hybridized carbons (Fsp3) is 0.800. The van der Waals surface area contributed by atoms with E-state index in [0.29, 0.717) is 6.54 Å². The van der Waals surface area contributed by atoms with E-state index < -0.39 is 0 Å². The third-order valence-corrected chi connectivity index (χ3v) is 1.53. The van der Waals surface area contributed by atoms with Crippen molar-refractivity contribution in [3.05, 3.63) is 4.91 Å². The quantitative estimate of drug-likeness (QED) is 0.397. The summed E-state index contributed by atoms with van der Waals surface area (Å²) in [5.41, 5.74) is 0. The Balaban J connectivity index is 2.50. The Labute approximate surface area is 52.8 Å². The standard InChI is InChI=1S/C5H8N2O2/c8-4-5-2-1-3-7(5)6-9/h4-5H,1-3H2/t5-/m0/s1. The molecule has 0 radical (unpaired) electrons. The Kier molecular flexibility index (Phi) is 1.77. The van der Waals surface area contributed by atoms with Crippen LogP contribution in [-0.2, 0) is 4.79 Å². The lowest BCUT2D eigenvalue weighted by molar-refractivity contribution is -0.111. The molecule has 4 heteroatoms. The van der Waals surface area contributed by atoms with Gasteiger partial charge in [0.05, 0.1) is 5.29 Å². The summed E-state index contributed by atoms with van der Waals surface area (Å²) in [4.78, 5) is 20.0. The van der Waals surface area contributed by atoms with Gasteiger partial charge in [-0.1, -0.05) is 0 Å². The number of rotatable bonds is 2. The first-order chi connectivity index (χ1) is 4.38. The number of hydrogen-bond acceptors (Lipinski definition) is 3. The number of nitrogens with zero attached hydrogens (tertiary/aromatic N) is 2. The van der Waals surface area contributed by atoms with E-state index in [1.54, 1.807) is 0 Å². The summed E-state index contributed by atoms with van der Waals surface area (Å²) in [5.74, 6) is 0. The molecule has 1 rings (SSSR count). The molecule has 9 heavy (non-hydrogen) atoms. The van der Waals surface area contributed by atoms with Crippen molar-refractivity contribution in [1.82, 2.24) is 5.01 Å². The van der Waals surface area contributed by atoms with Gasteiger partial charge in [-0.2, -0.15) is 0 Å². The Morgan fingerprint density at radius 1 is 1.67 bits per heavy atom. The van der Waals surface area contributed by atoms with Crippen LogP contribution in [-0.4, -0.2) is 23.9 Å². The molecule has 0 aromatic carbocycles. The SMILES string of the molecule is O=C[C@@H]1CCCN1N=O. The van der Waals surface area contributed by atoms with Crippen LogP contribution in [0.2, 0.25) is 0 Å². The fourth-order valence-corrected chi connectivity index (χ4v) is 1.02. The first-order valence-electron chi connectivity index (χ1n) is 2.93. The van der Waals surface area contributed by atoms with Crippen molar-refractivity contribution in [1.29, 1.82) is 0 Å². The van der Waals surface area contributed by atoms with Crippen LogP contribution < -0.4 is 0 Å². The van der Waals surface area contributed by atoms with E-state index in [2.05, 4.69) is 5.29 Å². The van der Waals surface area contributed by atoms with E-state index in [-0.39, 0.29) is 6.04 Å². The highest BCUT2D eigenvalue weighted by molar-refractivity contribution is 5.57. The van der Waals surface area contributed by atoms with Gasteiger partial charge in [0, 0.05) is 6.54 Å². The molecule has 0 aromatic rings. The van der Waals surface area contributed by atoms with Gasteiger partial charge in [0.2, 0.25) is 0 Å². The van der Waals surface area contributed by atoms with Crippen LogP contribution in [0.25, 0.3) is 0 Å². The third kappa shape index (κ3) is 1.06. The van der Waals surface area contributed by atoms with Crippen LogP contribution in [0.1, 0.15) is 12.8 Å². The first-order valence-corrected chi connectivity index (χ1v) is 2.93. The number of nitroso groups, excluding NO2 is 1. The molecule has 0 bridgehead atoms. The predicted molar refractivity (Wildman–Crippen MR) is 31.6 cm³/mol. The van der Waals surface area contributed by atoms with Crippen molar-refractivity contribution in [2.75, 3.05) is 6.54 Å². The minimum absolute atomic E-state index is 0.248. The van der Waals surface area contributed by atoms with Crippen molar-refractivity contribution < 1.29 is 4.79 Å². The second-order valence-electron chi connectivity index (χ2n) is 2.09. The molecule has 0 saturated carbocycles. The van der Waals surface area contributed by atoms with Crippen LogP contribution in [0, 0.1) is 4.91 Å². The molecule has 50 valence electrons. The summed E-state index contributed by atoms with van der Waals surface area (Å²) in [7, 11) is 0. The number of carbonyl (C=O) groups excluding carboxylic acids is 1. The first kappa shape index (κ1) is 6.19. The van der Waals surface area contributed by atoms with Gasteiger partial charge < -0.3 is 4.79 Å². The third-order valence-electron chi connectivity index (χ3n) is 1.53. The van der Waals surface area contributed by atoms with Crippen LogP contribution >= 0.6 is 0 Å². The van der Waals surface area contributed by atoms with Crippen molar-refractivity contribution >= 4 is 6.29 Å². The summed E-state index contributed by atoms with van der Waals surface area (Å²) in [6.45, 7) is 0.632. The zero-order chi connectivity index (χ0) is 6.69. The van der Waals surface area contributed by atoms with E-state index in [9.17, 15) is 9.70 Å². The molecule has 0 aromatic heterocycles. The maximum Gasteiger partial charge on any atom is 0.144 e. The fourth-order valence-electron chi connectivity index (χ4n) is 1.02. The van der Waals surface area contributed by atoms with Crippen molar-refractivity contribution in [3.63, 3.8) is 0 Å². The average molecular weight is 128 g/mol. The molecular formula is C5H8N2O2. The largest absolute Gasteiger partial charge is 0.301 e. The maximum atomic E-state index is 10.1. The zero-order valence-electron chi connectivity index (χ0n) is 4.99. The van der Waals surface area contributed by atoms with Gasteiger partial charge in [0.15, 0.2) is 0 Å². The Morgan fingerprint density at radius 3 is 2.89 bits per heavy atom. The molecular weight excluding hydrogens is 120 g/mol. The molecule has 0 spiro atoms. The van der Waals surface area contributed by atoms with Crippen LogP contribution in [0.4, 0.5) is 0 Å². The molecule has 1 atom stereocenters. The van der Waals surface area contributed by atoms with Crippen molar-refractivity contribution in [2.24, 2.45) is 5.29 Å². The summed E-state index contributed by atoms with van der Waals surface area (Å²) < 4.78 is 0. The van der Waals surface area contributed by atoms with Gasteiger partial charge in [-0.05, 0) is 12.8 Å². The zero-order valence-corrected chi connectivity index (χ0v) is 4.99. The lowest BCUT2D eigenvalue weighted by Crippen LogP contribution is -2.24. The Hall–Kier alpha value is -0.930. The summed E-state index contributed by atoms with van der Waals surface area (Å²) in [5, 5.41) is 3.98. The van der Waals surface area contributed by atoms with Gasteiger partial charge in [-0.25, -0.2) is 0 Å². The molecule has 1 aliphatic rings. The molecule has 0 aliphatic carbocycles.